The number of carbonyl (C=O) groups is 1. The van der Waals surface area contributed by atoms with Crippen molar-refractivity contribution in [2.45, 2.75) is 50.3 Å². The van der Waals surface area contributed by atoms with Crippen molar-refractivity contribution in [1.29, 1.82) is 0 Å². The highest BCUT2D eigenvalue weighted by atomic mass is 32.2. The second kappa shape index (κ2) is 9.17. The van der Waals surface area contributed by atoms with Crippen molar-refractivity contribution in [3.63, 3.8) is 0 Å². The van der Waals surface area contributed by atoms with Gasteiger partial charge in [0.25, 0.3) is 5.91 Å². The smallest absolute Gasteiger partial charge is 0.279 e. The summed E-state index contributed by atoms with van der Waals surface area (Å²) in [5, 5.41) is 2.91. The fourth-order valence-electron chi connectivity index (χ4n) is 4.06. The number of hydrogen-bond acceptors (Lipinski definition) is 3. The summed E-state index contributed by atoms with van der Waals surface area (Å²) in [7, 11) is -3.45. The molecule has 2 fully saturated rings. The predicted octanol–water partition coefficient (Wildman–Crippen LogP) is 1.50. The maximum absolute atomic E-state index is 12.8. The van der Waals surface area contributed by atoms with Gasteiger partial charge in [-0.25, -0.2) is 8.42 Å². The molecule has 7 heteroatoms. The summed E-state index contributed by atoms with van der Waals surface area (Å²) < 4.78 is 27.2. The number of amides is 1. The molecule has 0 aliphatic carbocycles. The van der Waals surface area contributed by atoms with Crippen LogP contribution in [0.2, 0.25) is 0 Å². The maximum Gasteiger partial charge on any atom is 0.279 e. The molecule has 0 radical (unpaired) electrons. The lowest BCUT2D eigenvalue weighted by atomic mass is 10.0. The van der Waals surface area contributed by atoms with Crippen LogP contribution in [0.1, 0.15) is 45.4 Å². The summed E-state index contributed by atoms with van der Waals surface area (Å²) in [6.45, 7) is 5.85. The van der Waals surface area contributed by atoms with Gasteiger partial charge in [-0.05, 0) is 68.7 Å². The van der Waals surface area contributed by atoms with E-state index in [1.807, 2.05) is 0 Å². The van der Waals surface area contributed by atoms with E-state index in [2.05, 4.69) is 12.2 Å². The third-order valence-electron chi connectivity index (χ3n) is 5.62. The normalized spacial score (nSPS) is 22.9. The highest BCUT2D eigenvalue weighted by Crippen LogP contribution is 2.24. The topological polar surface area (TPSA) is 70.9 Å². The lowest BCUT2D eigenvalue weighted by molar-refractivity contribution is -0.890. The monoisotopic (exact) mass is 394 g/mol. The SMILES string of the molecule is C[C@@H]1CCCN(S(=O)(=O)c2ccc(NC(=O)C[NH+]3CCCCCC3)cc2)C1. The highest BCUT2D eigenvalue weighted by molar-refractivity contribution is 7.89. The molecule has 0 spiro atoms. The van der Waals surface area contributed by atoms with Crippen LogP contribution in [0.4, 0.5) is 5.69 Å². The Balaban J connectivity index is 1.58. The van der Waals surface area contributed by atoms with Crippen molar-refractivity contribution in [2.75, 3.05) is 38.0 Å². The van der Waals surface area contributed by atoms with Crippen LogP contribution in [0.5, 0.6) is 0 Å². The van der Waals surface area contributed by atoms with Gasteiger partial charge in [-0.3, -0.25) is 4.79 Å². The second-order valence-electron chi connectivity index (χ2n) is 8.02. The second-order valence-corrected chi connectivity index (χ2v) is 9.96. The van der Waals surface area contributed by atoms with Crippen LogP contribution < -0.4 is 10.2 Å². The third-order valence-corrected chi connectivity index (χ3v) is 7.50. The van der Waals surface area contributed by atoms with E-state index in [1.54, 1.807) is 28.6 Å². The van der Waals surface area contributed by atoms with Gasteiger partial charge in [-0.1, -0.05) is 6.92 Å². The van der Waals surface area contributed by atoms with Gasteiger partial charge in [0.1, 0.15) is 0 Å². The average Bonchev–Trinajstić information content (AvgIpc) is 2.91. The minimum atomic E-state index is -3.45. The Kier molecular flexibility index (Phi) is 6.89. The lowest BCUT2D eigenvalue weighted by Gasteiger charge is -2.30. The van der Waals surface area contributed by atoms with E-state index in [9.17, 15) is 13.2 Å². The number of carbonyl (C=O) groups excluding carboxylic acids is 1. The molecular weight excluding hydrogens is 362 g/mol. The Morgan fingerprint density at radius 1 is 1.11 bits per heavy atom. The van der Waals surface area contributed by atoms with Crippen LogP contribution in [-0.2, 0) is 14.8 Å². The molecule has 0 bridgehead atoms. The first kappa shape index (κ1) is 20.3. The Morgan fingerprint density at radius 3 is 2.41 bits per heavy atom. The number of sulfonamides is 1. The van der Waals surface area contributed by atoms with Crippen LogP contribution >= 0.6 is 0 Å². The van der Waals surface area contributed by atoms with Crippen LogP contribution in [0.15, 0.2) is 29.2 Å². The number of nitrogens with one attached hydrogen (secondary N) is 2. The number of anilines is 1. The van der Waals surface area contributed by atoms with Crippen LogP contribution in [0.25, 0.3) is 0 Å². The molecule has 1 aromatic carbocycles. The number of nitrogens with zero attached hydrogens (tertiary/aromatic N) is 1. The summed E-state index contributed by atoms with van der Waals surface area (Å²) in [5.41, 5.74) is 0.653. The Bertz CT molecular complexity index is 725. The molecule has 27 heavy (non-hydrogen) atoms. The molecule has 6 nitrogen and oxygen atoms in total. The van der Waals surface area contributed by atoms with Crippen LogP contribution in [0.3, 0.4) is 0 Å². The molecule has 2 saturated heterocycles. The fraction of sp³-hybridized carbons (Fsp3) is 0.650. The van der Waals surface area contributed by atoms with Crippen molar-refractivity contribution in [3.8, 4) is 0 Å². The number of benzene rings is 1. The molecule has 2 heterocycles. The molecule has 0 aromatic heterocycles. The standard InChI is InChI=1S/C20H31N3O3S/c1-17-7-6-14-23(15-17)27(25,26)19-10-8-18(9-11-19)21-20(24)16-22-12-4-2-3-5-13-22/h8-11,17H,2-7,12-16H2,1H3,(H,21,24)/p+1/t17-/m1/s1. The van der Waals surface area contributed by atoms with Crippen molar-refractivity contribution >= 4 is 21.6 Å². The number of piperidine rings is 1. The van der Waals surface area contributed by atoms with Gasteiger partial charge in [0.15, 0.2) is 6.54 Å². The first-order chi connectivity index (χ1) is 12.9. The zero-order valence-corrected chi connectivity index (χ0v) is 17.1. The van der Waals surface area contributed by atoms with Gasteiger partial charge >= 0.3 is 0 Å². The molecule has 1 aromatic rings. The van der Waals surface area contributed by atoms with Gasteiger partial charge < -0.3 is 10.2 Å². The first-order valence-electron chi connectivity index (χ1n) is 10.2. The van der Waals surface area contributed by atoms with Crippen LogP contribution in [0, 0.1) is 5.92 Å². The molecule has 1 atom stereocenters. The summed E-state index contributed by atoms with van der Waals surface area (Å²) >= 11 is 0. The summed E-state index contributed by atoms with van der Waals surface area (Å²) in [5.74, 6) is 0.390. The average molecular weight is 395 g/mol. The third kappa shape index (κ3) is 5.53. The van der Waals surface area contributed by atoms with E-state index in [-0.39, 0.29) is 5.91 Å². The summed E-state index contributed by atoms with van der Waals surface area (Å²) in [6.07, 6.45) is 6.88. The van der Waals surface area contributed by atoms with Crippen molar-refractivity contribution < 1.29 is 18.1 Å². The molecule has 0 unspecified atom stereocenters. The van der Waals surface area contributed by atoms with Gasteiger partial charge in [0.2, 0.25) is 10.0 Å². The van der Waals surface area contributed by atoms with E-state index >= 15 is 0 Å². The van der Waals surface area contributed by atoms with Gasteiger partial charge in [-0.2, -0.15) is 4.31 Å². The van der Waals surface area contributed by atoms with E-state index in [4.69, 9.17) is 0 Å². The molecule has 2 N–H and O–H groups in total. The van der Waals surface area contributed by atoms with E-state index in [1.165, 1.54) is 30.6 Å². The number of quaternary nitrogens is 1. The molecule has 2 aliphatic heterocycles. The van der Waals surface area contributed by atoms with Gasteiger partial charge in [0.05, 0.1) is 18.0 Å². The van der Waals surface area contributed by atoms with Gasteiger partial charge in [0, 0.05) is 18.8 Å². The fourth-order valence-corrected chi connectivity index (χ4v) is 5.66. The minimum absolute atomic E-state index is 0.00707. The van der Waals surface area contributed by atoms with Gasteiger partial charge in [-0.15, -0.1) is 0 Å². The van der Waals surface area contributed by atoms with Crippen molar-refractivity contribution in [2.24, 2.45) is 5.92 Å². The molecule has 0 saturated carbocycles. The number of likely N-dealkylation sites (tertiary alicyclic amines) is 1. The Labute approximate surface area is 163 Å². The minimum Gasteiger partial charge on any atom is -0.327 e. The number of rotatable bonds is 5. The van der Waals surface area contributed by atoms with Crippen molar-refractivity contribution in [1.82, 2.24) is 4.31 Å². The highest BCUT2D eigenvalue weighted by Gasteiger charge is 2.28. The molecule has 3 rings (SSSR count). The Morgan fingerprint density at radius 2 is 1.78 bits per heavy atom. The quantitative estimate of drug-likeness (QED) is 0.795. The summed E-state index contributed by atoms with van der Waals surface area (Å²) in [4.78, 5) is 13.9. The predicted molar refractivity (Wildman–Crippen MR) is 106 cm³/mol. The zero-order chi connectivity index (χ0) is 19.3. The Hall–Kier alpha value is -1.44. The maximum atomic E-state index is 12.8. The van der Waals surface area contributed by atoms with E-state index in [0.717, 1.165) is 25.9 Å². The molecule has 1 amide bonds. The molecule has 150 valence electrons. The van der Waals surface area contributed by atoms with E-state index < -0.39 is 10.0 Å². The largest absolute Gasteiger partial charge is 0.327 e. The number of hydrogen-bond donors (Lipinski definition) is 2. The molecular formula is C20H32N3O3S+. The van der Waals surface area contributed by atoms with Crippen LogP contribution in [-0.4, -0.2) is 51.4 Å². The van der Waals surface area contributed by atoms with E-state index in [0.29, 0.717) is 36.1 Å². The summed E-state index contributed by atoms with van der Waals surface area (Å²) in [6, 6.07) is 6.58. The lowest BCUT2D eigenvalue weighted by Crippen LogP contribution is -3.12. The first-order valence-corrected chi connectivity index (χ1v) is 11.6. The van der Waals surface area contributed by atoms with Crippen molar-refractivity contribution in [3.05, 3.63) is 24.3 Å². The zero-order valence-electron chi connectivity index (χ0n) is 16.2. The molecule has 2 aliphatic rings.